The van der Waals surface area contributed by atoms with E-state index in [4.69, 9.17) is 0 Å². The minimum absolute atomic E-state index is 0.305. The molecule has 0 aliphatic carbocycles. The number of rotatable bonds is 2. The predicted molar refractivity (Wildman–Crippen MR) is 96.2 cm³/mol. The highest BCUT2D eigenvalue weighted by Crippen LogP contribution is 2.17. The van der Waals surface area contributed by atoms with E-state index in [0.29, 0.717) is 11.1 Å². The summed E-state index contributed by atoms with van der Waals surface area (Å²) in [6.45, 7) is 11.6. The zero-order chi connectivity index (χ0) is 18.0. The lowest BCUT2D eigenvalue weighted by Gasteiger charge is -2.14. The number of hydrogen-bond acceptors (Lipinski definition) is 2. The maximum atomic E-state index is 12.4. The Morgan fingerprint density at radius 3 is 1.08 bits per heavy atom. The molecule has 0 saturated heterocycles. The van der Waals surface area contributed by atoms with Gasteiger partial charge in [0.1, 0.15) is 0 Å². The van der Waals surface area contributed by atoms with Crippen LogP contribution in [0.2, 0.25) is 0 Å². The topological polar surface area (TPSA) is 58.2 Å². The van der Waals surface area contributed by atoms with Crippen LogP contribution in [-0.2, 0) is 0 Å². The van der Waals surface area contributed by atoms with E-state index in [0.717, 1.165) is 33.4 Å². The second-order valence-corrected chi connectivity index (χ2v) is 6.46. The summed E-state index contributed by atoms with van der Waals surface area (Å²) in [7, 11) is 0. The van der Waals surface area contributed by atoms with Gasteiger partial charge < -0.3 is 0 Å². The molecule has 126 valence electrons. The van der Waals surface area contributed by atoms with Crippen molar-refractivity contribution in [2.75, 3.05) is 0 Å². The summed E-state index contributed by atoms with van der Waals surface area (Å²) >= 11 is 0. The van der Waals surface area contributed by atoms with Gasteiger partial charge in [-0.2, -0.15) is 0 Å². The van der Waals surface area contributed by atoms with Gasteiger partial charge in [0.15, 0.2) is 0 Å². The molecule has 4 heteroatoms. The summed E-state index contributed by atoms with van der Waals surface area (Å²) in [6.07, 6.45) is 0. The van der Waals surface area contributed by atoms with Crippen molar-refractivity contribution in [3.8, 4) is 0 Å². The number of aryl methyl sites for hydroxylation is 6. The van der Waals surface area contributed by atoms with E-state index in [1.54, 1.807) is 0 Å². The van der Waals surface area contributed by atoms with Gasteiger partial charge in [0, 0.05) is 11.1 Å². The van der Waals surface area contributed by atoms with Crippen molar-refractivity contribution < 1.29 is 9.59 Å². The molecule has 24 heavy (non-hydrogen) atoms. The van der Waals surface area contributed by atoms with Crippen molar-refractivity contribution in [2.45, 2.75) is 41.5 Å². The van der Waals surface area contributed by atoms with Crippen LogP contribution in [0, 0.1) is 41.5 Å². The van der Waals surface area contributed by atoms with Crippen LogP contribution in [0.15, 0.2) is 24.3 Å². The number of amides is 2. The van der Waals surface area contributed by atoms with E-state index in [1.807, 2.05) is 65.8 Å². The third-order valence-electron chi connectivity index (χ3n) is 4.10. The number of carbonyl (C=O) groups excluding carboxylic acids is 2. The Kier molecular flexibility index (Phi) is 5.07. The predicted octanol–water partition coefficient (Wildman–Crippen LogP) is 3.61. The smallest absolute Gasteiger partial charge is 0.267 e. The molecule has 0 aromatic heterocycles. The molecule has 0 fully saturated rings. The van der Waals surface area contributed by atoms with Crippen LogP contribution in [0.4, 0.5) is 0 Å². The zero-order valence-corrected chi connectivity index (χ0v) is 15.1. The molecule has 2 aromatic rings. The van der Waals surface area contributed by atoms with Gasteiger partial charge in [-0.3, -0.25) is 20.4 Å². The molecular weight excluding hydrogens is 300 g/mol. The van der Waals surface area contributed by atoms with Gasteiger partial charge in [0.2, 0.25) is 0 Å². The first-order valence-corrected chi connectivity index (χ1v) is 7.97. The van der Waals surface area contributed by atoms with Crippen LogP contribution in [-0.4, -0.2) is 11.8 Å². The maximum Gasteiger partial charge on any atom is 0.270 e. The molecule has 2 N–H and O–H groups in total. The van der Waals surface area contributed by atoms with Crippen molar-refractivity contribution in [1.82, 2.24) is 10.9 Å². The summed E-state index contributed by atoms with van der Waals surface area (Å²) < 4.78 is 0. The number of nitrogens with one attached hydrogen (secondary N) is 2. The molecule has 0 heterocycles. The molecule has 2 amide bonds. The van der Waals surface area contributed by atoms with E-state index >= 15 is 0 Å². The number of hydrogen-bond donors (Lipinski definition) is 2. The van der Waals surface area contributed by atoms with Crippen LogP contribution < -0.4 is 10.9 Å². The van der Waals surface area contributed by atoms with E-state index in [9.17, 15) is 9.59 Å². The van der Waals surface area contributed by atoms with Gasteiger partial charge in [-0.05, 0) is 63.8 Å². The molecule has 0 radical (unpaired) electrons. The molecule has 0 aliphatic heterocycles. The maximum absolute atomic E-state index is 12.4. The molecule has 0 unspecified atom stereocenters. The summed E-state index contributed by atoms with van der Waals surface area (Å²) in [5.41, 5.74) is 12.0. The number of carbonyl (C=O) groups is 2. The lowest BCUT2D eigenvalue weighted by atomic mass is 9.99. The average molecular weight is 324 g/mol. The highest BCUT2D eigenvalue weighted by atomic mass is 16.2. The summed E-state index contributed by atoms with van der Waals surface area (Å²) in [5.74, 6) is -0.610. The molecule has 0 aliphatic rings. The Morgan fingerprint density at radius 2 is 0.833 bits per heavy atom. The van der Waals surface area contributed by atoms with Crippen LogP contribution in [0.5, 0.6) is 0 Å². The third-order valence-corrected chi connectivity index (χ3v) is 4.10. The lowest BCUT2D eigenvalue weighted by molar-refractivity contribution is 0.0845. The summed E-state index contributed by atoms with van der Waals surface area (Å²) in [6, 6.07) is 7.83. The Labute approximate surface area is 143 Å². The van der Waals surface area contributed by atoms with Crippen molar-refractivity contribution in [1.29, 1.82) is 0 Å². The summed E-state index contributed by atoms with van der Waals surface area (Å²) in [5, 5.41) is 0. The Hall–Kier alpha value is -2.62. The molecule has 2 aromatic carbocycles. The van der Waals surface area contributed by atoms with Crippen LogP contribution in [0.3, 0.4) is 0 Å². The van der Waals surface area contributed by atoms with Crippen molar-refractivity contribution in [3.05, 3.63) is 68.8 Å². The van der Waals surface area contributed by atoms with Crippen molar-refractivity contribution in [2.24, 2.45) is 0 Å². The molecule has 4 nitrogen and oxygen atoms in total. The normalized spacial score (nSPS) is 10.4. The van der Waals surface area contributed by atoms with E-state index in [-0.39, 0.29) is 11.8 Å². The van der Waals surface area contributed by atoms with Crippen molar-refractivity contribution in [3.63, 3.8) is 0 Å². The van der Waals surface area contributed by atoms with Gasteiger partial charge in [-0.1, -0.05) is 35.4 Å². The number of benzene rings is 2. The molecular formula is C20H24N2O2. The first-order chi connectivity index (χ1) is 11.2. The fourth-order valence-electron chi connectivity index (χ4n) is 3.31. The first-order valence-electron chi connectivity index (χ1n) is 7.97. The molecule has 0 bridgehead atoms. The highest BCUT2D eigenvalue weighted by Gasteiger charge is 2.16. The Morgan fingerprint density at radius 1 is 0.583 bits per heavy atom. The van der Waals surface area contributed by atoms with Crippen LogP contribution in [0.25, 0.3) is 0 Å². The molecule has 0 atom stereocenters. The van der Waals surface area contributed by atoms with Gasteiger partial charge in [0.05, 0.1) is 0 Å². The second kappa shape index (κ2) is 6.87. The van der Waals surface area contributed by atoms with Gasteiger partial charge in [-0.25, -0.2) is 0 Å². The summed E-state index contributed by atoms with van der Waals surface area (Å²) in [4.78, 5) is 24.9. The minimum Gasteiger partial charge on any atom is -0.267 e. The highest BCUT2D eigenvalue weighted by molar-refractivity contribution is 6.01. The monoisotopic (exact) mass is 324 g/mol. The first kappa shape index (κ1) is 17.7. The fourth-order valence-corrected chi connectivity index (χ4v) is 3.31. The van der Waals surface area contributed by atoms with Gasteiger partial charge in [0.25, 0.3) is 11.8 Å². The number of hydrazine groups is 1. The third kappa shape index (κ3) is 3.65. The van der Waals surface area contributed by atoms with E-state index < -0.39 is 0 Å². The standard InChI is InChI=1S/C20H24N2O2/c1-11-7-13(3)17(14(4)8-11)19(23)21-22-20(24)18-15(5)9-12(2)10-16(18)6/h7-10H,1-6H3,(H,21,23)(H,22,24). The largest absolute Gasteiger partial charge is 0.270 e. The average Bonchev–Trinajstić information content (AvgIpc) is 2.42. The second-order valence-electron chi connectivity index (χ2n) is 6.46. The lowest BCUT2D eigenvalue weighted by Crippen LogP contribution is -2.42. The van der Waals surface area contributed by atoms with Crippen LogP contribution >= 0.6 is 0 Å². The molecule has 0 spiro atoms. The quantitative estimate of drug-likeness (QED) is 0.829. The Bertz CT molecular complexity index is 707. The van der Waals surface area contributed by atoms with Gasteiger partial charge in [-0.15, -0.1) is 0 Å². The molecule has 0 saturated carbocycles. The van der Waals surface area contributed by atoms with Gasteiger partial charge >= 0.3 is 0 Å². The SMILES string of the molecule is Cc1cc(C)c(C(=O)NNC(=O)c2c(C)cc(C)cc2C)c(C)c1. The minimum atomic E-state index is -0.305. The van der Waals surface area contributed by atoms with Crippen molar-refractivity contribution >= 4 is 11.8 Å². The fraction of sp³-hybridized carbons (Fsp3) is 0.300. The van der Waals surface area contributed by atoms with Crippen LogP contribution in [0.1, 0.15) is 54.1 Å². The Balaban J connectivity index is 2.17. The molecule has 2 rings (SSSR count). The zero-order valence-electron chi connectivity index (χ0n) is 15.1. The van der Waals surface area contributed by atoms with E-state index in [2.05, 4.69) is 10.9 Å². The van der Waals surface area contributed by atoms with E-state index in [1.165, 1.54) is 0 Å².